The molecule has 0 aromatic carbocycles. The summed E-state index contributed by atoms with van der Waals surface area (Å²) in [6.07, 6.45) is 0. The highest BCUT2D eigenvalue weighted by Gasteiger charge is 2.92. The first kappa shape index (κ1) is 18.9. The number of esters is 3. The molecule has 134 valence electrons. The Labute approximate surface area is 149 Å². The van der Waals surface area contributed by atoms with Gasteiger partial charge in [-0.25, -0.2) is 0 Å². The van der Waals surface area contributed by atoms with E-state index in [0.717, 1.165) is 0 Å². The van der Waals surface area contributed by atoms with E-state index < -0.39 is 34.7 Å². The number of carbonyl (C=O) groups is 3. The standard InChI is InChI=1S/C17H19NO6S/c1-4-22-13(19)16(10-18)12(11-8-7-9-25-11)17(16,14(20)23-5-2)15(21)24-6-3/h7-9,12H,4-6H2,1-3H3/t12-,16+/m0/s1. The van der Waals surface area contributed by atoms with Crippen LogP contribution in [0.25, 0.3) is 0 Å². The number of rotatable bonds is 7. The average molecular weight is 365 g/mol. The molecule has 0 aliphatic heterocycles. The zero-order valence-electron chi connectivity index (χ0n) is 14.2. The summed E-state index contributed by atoms with van der Waals surface area (Å²) in [6.45, 7) is 4.77. The van der Waals surface area contributed by atoms with Crippen molar-refractivity contribution in [2.75, 3.05) is 19.8 Å². The molecule has 0 radical (unpaired) electrons. The van der Waals surface area contributed by atoms with Crippen LogP contribution in [0.3, 0.4) is 0 Å². The molecule has 7 nitrogen and oxygen atoms in total. The van der Waals surface area contributed by atoms with Crippen molar-refractivity contribution >= 4 is 29.2 Å². The summed E-state index contributed by atoms with van der Waals surface area (Å²) in [5.74, 6) is -3.80. The monoisotopic (exact) mass is 365 g/mol. The van der Waals surface area contributed by atoms with Crippen molar-refractivity contribution in [1.29, 1.82) is 5.26 Å². The fourth-order valence-electron chi connectivity index (χ4n) is 3.21. The van der Waals surface area contributed by atoms with Gasteiger partial charge in [0.15, 0.2) is 5.41 Å². The Morgan fingerprint density at radius 1 is 1.08 bits per heavy atom. The van der Waals surface area contributed by atoms with Crippen LogP contribution in [-0.4, -0.2) is 37.7 Å². The molecule has 1 heterocycles. The van der Waals surface area contributed by atoms with E-state index in [0.29, 0.717) is 4.88 Å². The van der Waals surface area contributed by atoms with Crippen LogP contribution in [0.2, 0.25) is 0 Å². The van der Waals surface area contributed by atoms with Gasteiger partial charge in [0, 0.05) is 4.88 Å². The van der Waals surface area contributed by atoms with E-state index >= 15 is 0 Å². The number of nitriles is 1. The highest BCUT2D eigenvalue weighted by molar-refractivity contribution is 7.10. The van der Waals surface area contributed by atoms with Gasteiger partial charge in [-0.2, -0.15) is 5.26 Å². The van der Waals surface area contributed by atoms with Crippen LogP contribution in [0.1, 0.15) is 31.6 Å². The molecule has 25 heavy (non-hydrogen) atoms. The van der Waals surface area contributed by atoms with Gasteiger partial charge in [-0.3, -0.25) is 14.4 Å². The molecule has 1 aliphatic carbocycles. The van der Waals surface area contributed by atoms with E-state index in [1.807, 2.05) is 6.07 Å². The molecule has 0 unspecified atom stereocenters. The predicted octanol–water partition coefficient (Wildman–Crippen LogP) is 2.03. The van der Waals surface area contributed by atoms with Gasteiger partial charge in [0.05, 0.1) is 31.8 Å². The van der Waals surface area contributed by atoms with Gasteiger partial charge in [0.2, 0.25) is 5.41 Å². The number of hydrogen-bond donors (Lipinski definition) is 0. The maximum atomic E-state index is 12.8. The quantitative estimate of drug-likeness (QED) is 0.414. The lowest BCUT2D eigenvalue weighted by atomic mass is 9.93. The van der Waals surface area contributed by atoms with Crippen molar-refractivity contribution in [3.63, 3.8) is 0 Å². The second-order valence-electron chi connectivity index (χ2n) is 5.34. The normalized spacial score (nSPS) is 23.2. The van der Waals surface area contributed by atoms with E-state index in [2.05, 4.69) is 0 Å². The topological polar surface area (TPSA) is 103 Å². The smallest absolute Gasteiger partial charge is 0.329 e. The molecule has 1 aromatic rings. The Morgan fingerprint density at radius 3 is 2.00 bits per heavy atom. The first-order valence-corrected chi connectivity index (χ1v) is 8.83. The minimum Gasteiger partial charge on any atom is -0.465 e. The van der Waals surface area contributed by atoms with Gasteiger partial charge < -0.3 is 14.2 Å². The fourth-order valence-corrected chi connectivity index (χ4v) is 4.17. The molecule has 0 spiro atoms. The Hall–Kier alpha value is -2.40. The molecule has 0 N–H and O–H groups in total. The molecule has 1 aromatic heterocycles. The van der Waals surface area contributed by atoms with Crippen LogP contribution in [0.4, 0.5) is 0 Å². The Bertz CT molecular complexity index is 689. The molecule has 2 atom stereocenters. The average Bonchev–Trinajstić information content (AvgIpc) is 2.89. The van der Waals surface area contributed by atoms with Crippen LogP contribution in [0.5, 0.6) is 0 Å². The van der Waals surface area contributed by atoms with Crippen LogP contribution in [-0.2, 0) is 28.6 Å². The lowest BCUT2D eigenvalue weighted by molar-refractivity contribution is -0.170. The van der Waals surface area contributed by atoms with Gasteiger partial charge in [0.1, 0.15) is 0 Å². The van der Waals surface area contributed by atoms with Crippen molar-refractivity contribution in [2.24, 2.45) is 10.8 Å². The van der Waals surface area contributed by atoms with Crippen LogP contribution in [0, 0.1) is 22.2 Å². The van der Waals surface area contributed by atoms with Crippen LogP contribution < -0.4 is 0 Å². The maximum absolute atomic E-state index is 12.8. The summed E-state index contributed by atoms with van der Waals surface area (Å²) in [5.41, 5.74) is -4.04. The lowest BCUT2D eigenvalue weighted by Gasteiger charge is -2.17. The van der Waals surface area contributed by atoms with E-state index in [4.69, 9.17) is 14.2 Å². The number of carbonyl (C=O) groups excluding carboxylic acids is 3. The fraction of sp³-hybridized carbons (Fsp3) is 0.529. The zero-order valence-corrected chi connectivity index (χ0v) is 15.1. The zero-order chi connectivity index (χ0) is 18.7. The van der Waals surface area contributed by atoms with Gasteiger partial charge in [0.25, 0.3) is 0 Å². The largest absolute Gasteiger partial charge is 0.465 e. The van der Waals surface area contributed by atoms with Gasteiger partial charge in [-0.1, -0.05) is 6.07 Å². The number of hydrogen-bond acceptors (Lipinski definition) is 8. The SMILES string of the molecule is CCOC(=O)C1(C(=O)OCC)[C@@H](c2cccs2)[C@]1(C#N)C(=O)OCC. The van der Waals surface area contributed by atoms with Crippen molar-refractivity contribution in [3.8, 4) is 6.07 Å². The Balaban J connectivity index is 2.67. The van der Waals surface area contributed by atoms with E-state index in [-0.39, 0.29) is 19.8 Å². The van der Waals surface area contributed by atoms with E-state index in [1.54, 1.807) is 38.3 Å². The molecule has 0 bridgehead atoms. The summed E-state index contributed by atoms with van der Waals surface area (Å²) < 4.78 is 15.1. The Kier molecular flexibility index (Phi) is 5.48. The van der Waals surface area contributed by atoms with Gasteiger partial charge >= 0.3 is 17.9 Å². The summed E-state index contributed by atoms with van der Waals surface area (Å²) in [6, 6.07) is 5.26. The number of ether oxygens (including phenoxy) is 3. The van der Waals surface area contributed by atoms with Crippen molar-refractivity contribution in [1.82, 2.24) is 0 Å². The molecule has 2 rings (SSSR count). The summed E-state index contributed by atoms with van der Waals surface area (Å²) in [5, 5.41) is 11.6. The minimum atomic E-state index is -2.05. The summed E-state index contributed by atoms with van der Waals surface area (Å²) in [7, 11) is 0. The molecule has 8 heteroatoms. The summed E-state index contributed by atoms with van der Waals surface area (Å²) >= 11 is 1.25. The van der Waals surface area contributed by atoms with Crippen LogP contribution in [0.15, 0.2) is 17.5 Å². The second kappa shape index (κ2) is 7.23. The minimum absolute atomic E-state index is 0.00147. The Morgan fingerprint density at radius 2 is 1.60 bits per heavy atom. The molecule has 1 fully saturated rings. The summed E-state index contributed by atoms with van der Waals surface area (Å²) in [4.78, 5) is 38.7. The molecule has 1 saturated carbocycles. The van der Waals surface area contributed by atoms with E-state index in [1.165, 1.54) is 11.3 Å². The first-order chi connectivity index (χ1) is 12.0. The predicted molar refractivity (Wildman–Crippen MR) is 87.4 cm³/mol. The second-order valence-corrected chi connectivity index (χ2v) is 6.32. The van der Waals surface area contributed by atoms with E-state index in [9.17, 15) is 19.6 Å². The molecular weight excluding hydrogens is 346 g/mol. The third kappa shape index (κ3) is 2.50. The molecule has 0 saturated heterocycles. The van der Waals surface area contributed by atoms with Crippen molar-refractivity contribution in [3.05, 3.63) is 22.4 Å². The lowest BCUT2D eigenvalue weighted by Crippen LogP contribution is -2.39. The molecular formula is C17H19NO6S. The molecule has 0 amide bonds. The van der Waals surface area contributed by atoms with Crippen LogP contribution >= 0.6 is 11.3 Å². The van der Waals surface area contributed by atoms with Crippen molar-refractivity contribution < 1.29 is 28.6 Å². The first-order valence-electron chi connectivity index (χ1n) is 7.95. The number of thiophene rings is 1. The van der Waals surface area contributed by atoms with Gasteiger partial charge in [-0.15, -0.1) is 11.3 Å². The number of nitrogens with zero attached hydrogens (tertiary/aromatic N) is 1. The maximum Gasteiger partial charge on any atom is 0.329 e. The highest BCUT2D eigenvalue weighted by atomic mass is 32.1. The van der Waals surface area contributed by atoms with Crippen molar-refractivity contribution in [2.45, 2.75) is 26.7 Å². The third-order valence-corrected chi connectivity index (χ3v) is 5.14. The highest BCUT2D eigenvalue weighted by Crippen LogP contribution is 2.76. The molecule has 1 aliphatic rings. The third-order valence-electron chi connectivity index (χ3n) is 4.20. The van der Waals surface area contributed by atoms with Gasteiger partial charge in [-0.05, 0) is 32.2 Å².